The van der Waals surface area contributed by atoms with Crippen molar-refractivity contribution in [3.8, 4) is 0 Å². The highest BCUT2D eigenvalue weighted by molar-refractivity contribution is 5.97. The number of benzene rings is 1. The maximum absolute atomic E-state index is 14.1. The summed E-state index contributed by atoms with van der Waals surface area (Å²) in [5.74, 6) is -0.983. The minimum Gasteiger partial charge on any atom is -0.381 e. The lowest BCUT2D eigenvalue weighted by atomic mass is 9.88. The molecular weight excluding hydrogens is 385 g/mol. The number of hydrogen-bond acceptors (Lipinski definition) is 4. The third-order valence-electron chi connectivity index (χ3n) is 5.54. The molecule has 3 rings (SSSR count). The Kier molecular flexibility index (Phi) is 8.66. The van der Waals surface area contributed by atoms with Crippen molar-refractivity contribution in [2.24, 2.45) is 17.6 Å². The first-order chi connectivity index (χ1) is 13.0. The van der Waals surface area contributed by atoms with Crippen molar-refractivity contribution in [3.05, 3.63) is 24.0 Å². The monoisotopic (exact) mass is 413 g/mol. The van der Waals surface area contributed by atoms with E-state index in [0.717, 1.165) is 44.9 Å². The summed E-state index contributed by atoms with van der Waals surface area (Å²) in [4.78, 5) is 24.8. The molecule has 4 N–H and O–H groups in total. The molecule has 0 spiro atoms. The Bertz CT molecular complexity index is 677. The zero-order valence-electron chi connectivity index (χ0n) is 15.9. The van der Waals surface area contributed by atoms with Gasteiger partial charge in [0.2, 0.25) is 11.8 Å². The van der Waals surface area contributed by atoms with Crippen molar-refractivity contribution in [2.75, 3.05) is 23.8 Å². The van der Waals surface area contributed by atoms with E-state index in [4.69, 9.17) is 10.5 Å². The van der Waals surface area contributed by atoms with Crippen LogP contribution in [0.5, 0.6) is 0 Å². The second-order valence-corrected chi connectivity index (χ2v) is 7.48. The van der Waals surface area contributed by atoms with Crippen LogP contribution in [-0.2, 0) is 14.3 Å². The average molecular weight is 414 g/mol. The second kappa shape index (κ2) is 10.7. The van der Waals surface area contributed by atoms with Crippen LogP contribution in [0.15, 0.2) is 18.2 Å². The standard InChI is InChI=1S/C20H28FN3O3.ClH/c21-16-7-6-15(23-20(26)18(22)13-8-10-27-11-9-13)12-17(16)24-19(25)14-4-2-1-3-5-14;/h6-7,12-14,18H,1-5,8-11,22H2,(H,23,26)(H,24,25);1H. The van der Waals surface area contributed by atoms with Gasteiger partial charge in [0.05, 0.1) is 11.7 Å². The number of halogens is 2. The van der Waals surface area contributed by atoms with Crippen molar-refractivity contribution in [2.45, 2.75) is 51.0 Å². The molecule has 1 aromatic rings. The third-order valence-corrected chi connectivity index (χ3v) is 5.54. The van der Waals surface area contributed by atoms with Crippen LogP contribution in [-0.4, -0.2) is 31.1 Å². The number of ether oxygens (including phenoxy) is 1. The highest BCUT2D eigenvalue weighted by atomic mass is 35.5. The van der Waals surface area contributed by atoms with E-state index in [-0.39, 0.29) is 41.7 Å². The van der Waals surface area contributed by atoms with E-state index in [2.05, 4.69) is 10.6 Å². The summed E-state index contributed by atoms with van der Waals surface area (Å²) in [5.41, 5.74) is 6.58. The highest BCUT2D eigenvalue weighted by Gasteiger charge is 2.27. The van der Waals surface area contributed by atoms with E-state index in [1.807, 2.05) is 0 Å². The molecule has 0 radical (unpaired) electrons. The molecule has 1 aromatic carbocycles. The van der Waals surface area contributed by atoms with Crippen molar-refractivity contribution < 1.29 is 18.7 Å². The first-order valence-electron chi connectivity index (χ1n) is 9.79. The van der Waals surface area contributed by atoms with Gasteiger partial charge in [-0.1, -0.05) is 19.3 Å². The fourth-order valence-electron chi connectivity index (χ4n) is 3.81. The summed E-state index contributed by atoms with van der Waals surface area (Å²) in [6, 6.07) is 3.52. The molecule has 0 bridgehead atoms. The van der Waals surface area contributed by atoms with Gasteiger partial charge in [-0.05, 0) is 49.8 Å². The summed E-state index contributed by atoms with van der Waals surface area (Å²) < 4.78 is 19.4. The summed E-state index contributed by atoms with van der Waals surface area (Å²) in [6.07, 6.45) is 6.38. The fourth-order valence-corrected chi connectivity index (χ4v) is 3.81. The van der Waals surface area contributed by atoms with Crippen LogP contribution in [0.3, 0.4) is 0 Å². The second-order valence-electron chi connectivity index (χ2n) is 7.48. The number of nitrogens with one attached hydrogen (secondary N) is 2. The number of carbonyl (C=O) groups excluding carboxylic acids is 2. The van der Waals surface area contributed by atoms with Crippen LogP contribution in [0, 0.1) is 17.7 Å². The molecular formula is C20H29ClFN3O3. The molecule has 1 atom stereocenters. The van der Waals surface area contributed by atoms with Crippen LogP contribution in [0.1, 0.15) is 44.9 Å². The lowest BCUT2D eigenvalue weighted by Gasteiger charge is -2.26. The Hall–Kier alpha value is -1.70. The Morgan fingerprint density at radius 3 is 2.43 bits per heavy atom. The molecule has 2 fully saturated rings. The molecule has 156 valence electrons. The van der Waals surface area contributed by atoms with Gasteiger partial charge >= 0.3 is 0 Å². The first kappa shape index (κ1) is 22.6. The van der Waals surface area contributed by atoms with Crippen LogP contribution < -0.4 is 16.4 Å². The maximum atomic E-state index is 14.1. The highest BCUT2D eigenvalue weighted by Crippen LogP contribution is 2.27. The van der Waals surface area contributed by atoms with E-state index in [9.17, 15) is 14.0 Å². The molecule has 1 aliphatic heterocycles. The minimum absolute atomic E-state index is 0. The van der Waals surface area contributed by atoms with E-state index in [1.165, 1.54) is 18.2 Å². The van der Waals surface area contributed by atoms with Crippen molar-refractivity contribution in [1.82, 2.24) is 0 Å². The Labute approximate surface area is 171 Å². The van der Waals surface area contributed by atoms with Gasteiger partial charge < -0.3 is 21.1 Å². The predicted molar refractivity (Wildman–Crippen MR) is 109 cm³/mol. The summed E-state index contributed by atoms with van der Waals surface area (Å²) in [5, 5.41) is 5.41. The molecule has 1 heterocycles. The summed E-state index contributed by atoms with van der Waals surface area (Å²) in [7, 11) is 0. The van der Waals surface area contributed by atoms with Gasteiger partial charge in [-0.15, -0.1) is 12.4 Å². The average Bonchev–Trinajstić information content (AvgIpc) is 2.71. The fraction of sp³-hybridized carbons (Fsp3) is 0.600. The number of rotatable bonds is 5. The topological polar surface area (TPSA) is 93.5 Å². The number of hydrogen-bond donors (Lipinski definition) is 3. The summed E-state index contributed by atoms with van der Waals surface area (Å²) >= 11 is 0. The number of nitrogens with two attached hydrogens (primary N) is 1. The summed E-state index contributed by atoms with van der Waals surface area (Å²) in [6.45, 7) is 1.22. The van der Waals surface area contributed by atoms with Gasteiger partial charge in [-0.2, -0.15) is 0 Å². The molecule has 2 amide bonds. The van der Waals surface area contributed by atoms with Gasteiger partial charge in [0, 0.05) is 24.8 Å². The lowest BCUT2D eigenvalue weighted by Crippen LogP contribution is -2.44. The van der Waals surface area contributed by atoms with Crippen LogP contribution in [0.25, 0.3) is 0 Å². The van der Waals surface area contributed by atoms with Crippen molar-refractivity contribution in [1.29, 1.82) is 0 Å². The molecule has 1 aliphatic carbocycles. The quantitative estimate of drug-likeness (QED) is 0.689. The zero-order chi connectivity index (χ0) is 19.2. The van der Waals surface area contributed by atoms with E-state index < -0.39 is 11.9 Å². The zero-order valence-corrected chi connectivity index (χ0v) is 16.7. The molecule has 0 aromatic heterocycles. The normalized spacial score (nSPS) is 19.4. The van der Waals surface area contributed by atoms with Crippen LogP contribution in [0.4, 0.5) is 15.8 Å². The number of anilines is 2. The molecule has 1 unspecified atom stereocenters. The minimum atomic E-state index is -0.640. The Balaban J connectivity index is 0.00000280. The molecule has 2 aliphatic rings. The lowest BCUT2D eigenvalue weighted by molar-refractivity contribution is -0.121. The van der Waals surface area contributed by atoms with E-state index in [1.54, 1.807) is 0 Å². The number of carbonyl (C=O) groups is 2. The smallest absolute Gasteiger partial charge is 0.241 e. The van der Waals surface area contributed by atoms with Gasteiger partial charge in [0.15, 0.2) is 0 Å². The first-order valence-corrected chi connectivity index (χ1v) is 9.79. The SMILES string of the molecule is Cl.NC(C(=O)Nc1ccc(F)c(NC(=O)C2CCCCC2)c1)C1CCOCC1. The molecule has 1 saturated carbocycles. The largest absolute Gasteiger partial charge is 0.381 e. The van der Waals surface area contributed by atoms with Gasteiger partial charge in [0.25, 0.3) is 0 Å². The predicted octanol–water partition coefficient (Wildman–Crippen LogP) is 3.46. The van der Waals surface area contributed by atoms with Crippen LogP contribution in [0.2, 0.25) is 0 Å². The molecule has 8 heteroatoms. The third kappa shape index (κ3) is 5.90. The van der Waals surface area contributed by atoms with Gasteiger partial charge in [-0.3, -0.25) is 9.59 Å². The number of amides is 2. The molecule has 1 saturated heterocycles. The maximum Gasteiger partial charge on any atom is 0.241 e. The van der Waals surface area contributed by atoms with E-state index in [0.29, 0.717) is 18.9 Å². The van der Waals surface area contributed by atoms with E-state index >= 15 is 0 Å². The molecule has 28 heavy (non-hydrogen) atoms. The Morgan fingerprint density at radius 2 is 1.75 bits per heavy atom. The van der Waals surface area contributed by atoms with Gasteiger partial charge in [0.1, 0.15) is 5.82 Å². The van der Waals surface area contributed by atoms with Gasteiger partial charge in [-0.25, -0.2) is 4.39 Å². The van der Waals surface area contributed by atoms with Crippen molar-refractivity contribution >= 4 is 35.6 Å². The van der Waals surface area contributed by atoms with Crippen LogP contribution >= 0.6 is 12.4 Å². The molecule has 6 nitrogen and oxygen atoms in total. The van der Waals surface area contributed by atoms with Crippen molar-refractivity contribution in [3.63, 3.8) is 0 Å². The Morgan fingerprint density at radius 1 is 1.07 bits per heavy atom.